The summed E-state index contributed by atoms with van der Waals surface area (Å²) in [5.41, 5.74) is 1.08. The van der Waals surface area contributed by atoms with Crippen LogP contribution in [0, 0.1) is 0 Å². The van der Waals surface area contributed by atoms with E-state index >= 15 is 0 Å². The lowest BCUT2D eigenvalue weighted by molar-refractivity contribution is -0.120. The summed E-state index contributed by atoms with van der Waals surface area (Å²) in [6.45, 7) is 0.776. The van der Waals surface area contributed by atoms with Gasteiger partial charge >= 0.3 is 0 Å². The Kier molecular flexibility index (Phi) is 4.81. The molecule has 1 aliphatic heterocycles. The molecule has 1 aliphatic rings. The Hall–Kier alpha value is -2.73. The monoisotopic (exact) mass is 360 g/mol. The largest absolute Gasteiger partial charge is 0.506 e. The molecule has 25 heavy (non-hydrogen) atoms. The van der Waals surface area contributed by atoms with Crippen molar-refractivity contribution in [1.29, 1.82) is 0 Å². The highest BCUT2D eigenvalue weighted by molar-refractivity contribution is 6.32. The molecule has 1 fully saturated rings. The van der Waals surface area contributed by atoms with E-state index in [0.717, 1.165) is 5.69 Å². The van der Waals surface area contributed by atoms with Crippen molar-refractivity contribution >= 4 is 29.1 Å². The lowest BCUT2D eigenvalue weighted by atomic mass is 10.1. The van der Waals surface area contributed by atoms with Crippen LogP contribution in [-0.2, 0) is 4.79 Å². The van der Waals surface area contributed by atoms with Gasteiger partial charge in [-0.05, 0) is 30.3 Å². The number of ether oxygens (including phenoxy) is 1. The van der Waals surface area contributed by atoms with Gasteiger partial charge in [0.1, 0.15) is 18.0 Å². The van der Waals surface area contributed by atoms with E-state index in [9.17, 15) is 14.7 Å². The van der Waals surface area contributed by atoms with Crippen LogP contribution >= 0.6 is 11.6 Å². The van der Waals surface area contributed by atoms with Gasteiger partial charge in [0.25, 0.3) is 5.91 Å². The van der Waals surface area contributed by atoms with E-state index in [1.165, 1.54) is 23.1 Å². The Balaban J connectivity index is 1.73. The standard InChI is InChI=1S/C18H17ClN2O4/c1-25-14-4-2-3-13(10-14)21-8-7-20(11-17(21)23)18(24)12-5-6-16(22)15(19)9-12/h2-6,9-10,22H,7-8,11H2,1H3. The van der Waals surface area contributed by atoms with Crippen molar-refractivity contribution in [2.45, 2.75) is 0 Å². The lowest BCUT2D eigenvalue weighted by Gasteiger charge is -2.34. The molecule has 0 atom stereocenters. The molecule has 2 amide bonds. The molecule has 6 nitrogen and oxygen atoms in total. The second-order valence-electron chi connectivity index (χ2n) is 5.64. The van der Waals surface area contributed by atoms with Gasteiger partial charge in [0.2, 0.25) is 5.91 Å². The molecule has 0 saturated carbocycles. The minimum atomic E-state index is -0.291. The van der Waals surface area contributed by atoms with Crippen molar-refractivity contribution in [2.75, 3.05) is 31.6 Å². The third kappa shape index (κ3) is 3.53. The summed E-state index contributed by atoms with van der Waals surface area (Å²) in [4.78, 5) is 28.1. The molecular formula is C18H17ClN2O4. The first kappa shape index (κ1) is 17.1. The number of phenolic OH excluding ortho intramolecular Hbond substituents is 1. The van der Waals surface area contributed by atoms with E-state index in [0.29, 0.717) is 24.4 Å². The van der Waals surface area contributed by atoms with Crippen LogP contribution in [0.25, 0.3) is 0 Å². The molecule has 0 unspecified atom stereocenters. The number of nitrogens with zero attached hydrogens (tertiary/aromatic N) is 2. The van der Waals surface area contributed by atoms with Gasteiger partial charge in [-0.3, -0.25) is 9.59 Å². The summed E-state index contributed by atoms with van der Waals surface area (Å²) in [5, 5.41) is 9.56. The summed E-state index contributed by atoms with van der Waals surface area (Å²) in [7, 11) is 1.57. The third-order valence-corrected chi connectivity index (χ3v) is 4.37. The zero-order chi connectivity index (χ0) is 18.0. The Morgan fingerprint density at radius 3 is 2.68 bits per heavy atom. The highest BCUT2D eigenvalue weighted by atomic mass is 35.5. The molecule has 0 aliphatic carbocycles. The minimum absolute atomic E-state index is 0.0193. The first-order valence-electron chi connectivity index (χ1n) is 7.72. The van der Waals surface area contributed by atoms with Gasteiger partial charge < -0.3 is 19.6 Å². The van der Waals surface area contributed by atoms with Crippen LogP contribution in [0.1, 0.15) is 10.4 Å². The normalized spacial score (nSPS) is 14.6. The van der Waals surface area contributed by atoms with E-state index in [1.54, 1.807) is 18.1 Å². The number of hydrogen-bond acceptors (Lipinski definition) is 4. The van der Waals surface area contributed by atoms with Gasteiger partial charge in [-0.2, -0.15) is 0 Å². The summed E-state index contributed by atoms with van der Waals surface area (Å²) in [6, 6.07) is 11.5. The number of carbonyl (C=O) groups is 2. The van der Waals surface area contributed by atoms with Crippen LogP contribution in [-0.4, -0.2) is 48.6 Å². The predicted molar refractivity (Wildman–Crippen MR) is 94.4 cm³/mol. The first-order valence-corrected chi connectivity index (χ1v) is 8.09. The highest BCUT2D eigenvalue weighted by Crippen LogP contribution is 2.26. The van der Waals surface area contributed by atoms with E-state index in [2.05, 4.69) is 0 Å². The van der Waals surface area contributed by atoms with Gasteiger partial charge in [0.15, 0.2) is 0 Å². The number of halogens is 1. The molecule has 0 spiro atoms. The van der Waals surface area contributed by atoms with Gasteiger partial charge in [0.05, 0.1) is 12.1 Å². The molecule has 1 saturated heterocycles. The van der Waals surface area contributed by atoms with Crippen molar-refractivity contribution in [3.8, 4) is 11.5 Å². The molecule has 7 heteroatoms. The quantitative estimate of drug-likeness (QED) is 0.913. The highest BCUT2D eigenvalue weighted by Gasteiger charge is 2.29. The Morgan fingerprint density at radius 2 is 2.00 bits per heavy atom. The van der Waals surface area contributed by atoms with E-state index < -0.39 is 0 Å². The first-order chi connectivity index (χ1) is 12.0. The van der Waals surface area contributed by atoms with Gasteiger partial charge in [-0.15, -0.1) is 0 Å². The third-order valence-electron chi connectivity index (χ3n) is 4.07. The summed E-state index contributed by atoms with van der Waals surface area (Å²) in [6.07, 6.45) is 0. The molecule has 2 aromatic rings. The Morgan fingerprint density at radius 1 is 1.20 bits per heavy atom. The Labute approximate surface area is 150 Å². The number of amides is 2. The number of benzene rings is 2. The molecule has 0 bridgehead atoms. The minimum Gasteiger partial charge on any atom is -0.506 e. The number of hydrogen-bond donors (Lipinski definition) is 1. The van der Waals surface area contributed by atoms with Crippen LogP contribution in [0.3, 0.4) is 0 Å². The predicted octanol–water partition coefficient (Wildman–Crippen LogP) is 2.54. The molecule has 1 heterocycles. The Bertz CT molecular complexity index is 824. The molecular weight excluding hydrogens is 344 g/mol. The fourth-order valence-electron chi connectivity index (χ4n) is 2.72. The molecule has 1 N–H and O–H groups in total. The second kappa shape index (κ2) is 7.03. The number of rotatable bonds is 3. The van der Waals surface area contributed by atoms with Crippen molar-refractivity contribution < 1.29 is 19.4 Å². The van der Waals surface area contributed by atoms with Crippen molar-refractivity contribution in [3.63, 3.8) is 0 Å². The molecule has 3 rings (SSSR count). The molecule has 130 valence electrons. The number of methoxy groups -OCH3 is 1. The second-order valence-corrected chi connectivity index (χ2v) is 6.05. The fourth-order valence-corrected chi connectivity index (χ4v) is 2.90. The maximum atomic E-state index is 12.5. The number of phenols is 1. The van der Waals surface area contributed by atoms with Gasteiger partial charge in [0, 0.05) is 30.4 Å². The van der Waals surface area contributed by atoms with Crippen LogP contribution in [0.4, 0.5) is 5.69 Å². The van der Waals surface area contributed by atoms with Crippen molar-refractivity contribution in [1.82, 2.24) is 4.90 Å². The van der Waals surface area contributed by atoms with E-state index in [-0.39, 0.29) is 29.1 Å². The average molecular weight is 361 g/mol. The number of anilines is 1. The van der Waals surface area contributed by atoms with Crippen LogP contribution in [0.2, 0.25) is 5.02 Å². The van der Waals surface area contributed by atoms with Crippen LogP contribution in [0.5, 0.6) is 11.5 Å². The number of aromatic hydroxyl groups is 1. The van der Waals surface area contributed by atoms with E-state index in [4.69, 9.17) is 16.3 Å². The number of carbonyl (C=O) groups excluding carboxylic acids is 2. The van der Waals surface area contributed by atoms with Gasteiger partial charge in [-0.25, -0.2) is 0 Å². The summed E-state index contributed by atoms with van der Waals surface area (Å²) < 4.78 is 5.18. The van der Waals surface area contributed by atoms with Gasteiger partial charge in [-0.1, -0.05) is 17.7 Å². The van der Waals surface area contributed by atoms with Crippen LogP contribution in [0.15, 0.2) is 42.5 Å². The van der Waals surface area contributed by atoms with Crippen molar-refractivity contribution in [2.24, 2.45) is 0 Å². The lowest BCUT2D eigenvalue weighted by Crippen LogP contribution is -2.52. The zero-order valence-electron chi connectivity index (χ0n) is 13.6. The van der Waals surface area contributed by atoms with Crippen LogP contribution < -0.4 is 9.64 Å². The maximum Gasteiger partial charge on any atom is 0.254 e. The number of piperazine rings is 1. The fraction of sp³-hybridized carbons (Fsp3) is 0.222. The molecule has 0 aromatic heterocycles. The van der Waals surface area contributed by atoms with E-state index in [1.807, 2.05) is 18.2 Å². The van der Waals surface area contributed by atoms with Crippen molar-refractivity contribution in [3.05, 3.63) is 53.1 Å². The zero-order valence-corrected chi connectivity index (χ0v) is 14.4. The average Bonchev–Trinajstić information content (AvgIpc) is 2.63. The molecule has 0 radical (unpaired) electrons. The topological polar surface area (TPSA) is 70.1 Å². The maximum absolute atomic E-state index is 12.5. The summed E-state index contributed by atoms with van der Waals surface area (Å²) >= 11 is 5.85. The smallest absolute Gasteiger partial charge is 0.254 e. The summed E-state index contributed by atoms with van der Waals surface area (Å²) in [5.74, 6) is 0.123. The molecule has 2 aromatic carbocycles. The SMILES string of the molecule is COc1cccc(N2CCN(C(=O)c3ccc(O)c(Cl)c3)CC2=O)c1.